The highest BCUT2D eigenvalue weighted by Crippen LogP contribution is 2.38. The van der Waals surface area contributed by atoms with E-state index < -0.39 is 16.8 Å². The summed E-state index contributed by atoms with van der Waals surface area (Å²) in [5.74, 6) is 0. The topological polar surface area (TPSA) is 0 Å². The number of aryl methyl sites for hydroxylation is 1. The lowest BCUT2D eigenvalue weighted by molar-refractivity contribution is -0.137. The van der Waals surface area contributed by atoms with Crippen LogP contribution in [0.1, 0.15) is 18.1 Å². The second kappa shape index (κ2) is 3.99. The predicted octanol–water partition coefficient (Wildman–Crippen LogP) is 4.57. The highest BCUT2D eigenvalue weighted by atomic mass is 35.5. The van der Waals surface area contributed by atoms with Crippen LogP contribution in [0.5, 0.6) is 0 Å². The SMILES string of the molecule is CCc1cc(Cl)c(Cl)c(C(F)(F)F)c1. The Morgan fingerprint density at radius 2 is 1.79 bits per heavy atom. The van der Waals surface area contributed by atoms with Crippen LogP contribution in [0, 0.1) is 0 Å². The van der Waals surface area contributed by atoms with Crippen LogP contribution in [0.4, 0.5) is 13.2 Å². The highest BCUT2D eigenvalue weighted by Gasteiger charge is 2.34. The molecular formula is C9H7Cl2F3. The molecule has 14 heavy (non-hydrogen) atoms. The molecule has 0 heterocycles. The first-order valence-corrected chi connectivity index (χ1v) is 4.67. The second-order valence-corrected chi connectivity index (χ2v) is 3.58. The van der Waals surface area contributed by atoms with E-state index in [1.54, 1.807) is 6.92 Å². The van der Waals surface area contributed by atoms with Crippen molar-refractivity contribution in [2.24, 2.45) is 0 Å². The van der Waals surface area contributed by atoms with E-state index in [0.29, 0.717) is 12.0 Å². The Labute approximate surface area is 89.6 Å². The lowest BCUT2D eigenvalue weighted by Gasteiger charge is -2.11. The summed E-state index contributed by atoms with van der Waals surface area (Å²) in [5.41, 5.74) is -0.352. The van der Waals surface area contributed by atoms with Crippen molar-refractivity contribution in [2.45, 2.75) is 19.5 Å². The first-order valence-electron chi connectivity index (χ1n) is 3.91. The van der Waals surface area contributed by atoms with Gasteiger partial charge in [0.05, 0.1) is 15.6 Å². The zero-order chi connectivity index (χ0) is 10.9. The van der Waals surface area contributed by atoms with Crippen LogP contribution in [-0.4, -0.2) is 0 Å². The largest absolute Gasteiger partial charge is 0.417 e. The zero-order valence-electron chi connectivity index (χ0n) is 7.25. The number of benzene rings is 1. The molecule has 0 saturated heterocycles. The molecule has 0 N–H and O–H groups in total. The standard InChI is InChI=1S/C9H7Cl2F3/c1-2-5-3-6(9(12,13)14)8(11)7(10)4-5/h3-4H,2H2,1H3. The Morgan fingerprint density at radius 3 is 2.21 bits per heavy atom. The second-order valence-electron chi connectivity index (χ2n) is 2.79. The van der Waals surface area contributed by atoms with Gasteiger partial charge in [0.15, 0.2) is 0 Å². The van der Waals surface area contributed by atoms with E-state index in [-0.39, 0.29) is 5.02 Å². The molecule has 0 bridgehead atoms. The van der Waals surface area contributed by atoms with Crippen LogP contribution in [0.2, 0.25) is 10.0 Å². The molecule has 5 heteroatoms. The number of rotatable bonds is 1. The van der Waals surface area contributed by atoms with E-state index >= 15 is 0 Å². The van der Waals surface area contributed by atoms with Crippen molar-refractivity contribution in [1.82, 2.24) is 0 Å². The molecule has 0 aliphatic carbocycles. The van der Waals surface area contributed by atoms with Gasteiger partial charge in [-0.1, -0.05) is 30.1 Å². The van der Waals surface area contributed by atoms with Crippen molar-refractivity contribution in [3.63, 3.8) is 0 Å². The van der Waals surface area contributed by atoms with Crippen molar-refractivity contribution >= 4 is 23.2 Å². The summed E-state index contributed by atoms with van der Waals surface area (Å²) in [5, 5.41) is -0.491. The van der Waals surface area contributed by atoms with Crippen molar-refractivity contribution in [1.29, 1.82) is 0 Å². The number of hydrogen-bond donors (Lipinski definition) is 0. The fourth-order valence-electron chi connectivity index (χ4n) is 1.06. The fraction of sp³-hybridized carbons (Fsp3) is 0.333. The maximum absolute atomic E-state index is 12.4. The predicted molar refractivity (Wildman–Crippen MR) is 50.8 cm³/mol. The average Bonchev–Trinajstić information content (AvgIpc) is 2.07. The van der Waals surface area contributed by atoms with Crippen molar-refractivity contribution in [3.8, 4) is 0 Å². The summed E-state index contributed by atoms with van der Waals surface area (Å²) >= 11 is 11.0. The van der Waals surface area contributed by atoms with Gasteiger partial charge in [0.2, 0.25) is 0 Å². The van der Waals surface area contributed by atoms with Gasteiger partial charge < -0.3 is 0 Å². The fourth-order valence-corrected chi connectivity index (χ4v) is 1.51. The molecule has 0 atom stereocenters. The highest BCUT2D eigenvalue weighted by molar-refractivity contribution is 6.42. The maximum atomic E-state index is 12.4. The molecule has 0 nitrogen and oxygen atoms in total. The van der Waals surface area contributed by atoms with Crippen LogP contribution in [0.3, 0.4) is 0 Å². The molecule has 0 amide bonds. The molecule has 0 unspecified atom stereocenters. The molecule has 0 fully saturated rings. The van der Waals surface area contributed by atoms with Crippen molar-refractivity contribution in [3.05, 3.63) is 33.3 Å². The number of halogens is 5. The number of hydrogen-bond acceptors (Lipinski definition) is 0. The summed E-state index contributed by atoms with van der Waals surface area (Å²) < 4.78 is 37.2. The summed E-state index contributed by atoms with van der Waals surface area (Å²) in [6.07, 6.45) is -3.97. The quantitative estimate of drug-likeness (QED) is 0.677. The lowest BCUT2D eigenvalue weighted by atomic mass is 10.1. The van der Waals surface area contributed by atoms with E-state index in [2.05, 4.69) is 0 Å². The molecule has 1 aromatic carbocycles. The third kappa shape index (κ3) is 2.34. The van der Waals surface area contributed by atoms with Crippen LogP contribution < -0.4 is 0 Å². The van der Waals surface area contributed by atoms with E-state index in [1.165, 1.54) is 6.07 Å². The summed E-state index contributed by atoms with van der Waals surface area (Å²) in [4.78, 5) is 0. The minimum absolute atomic E-state index is 0.0571. The molecule has 0 aliphatic heterocycles. The molecule has 0 spiro atoms. The van der Waals surface area contributed by atoms with Gasteiger partial charge in [-0.3, -0.25) is 0 Å². The van der Waals surface area contributed by atoms with Gasteiger partial charge in [-0.05, 0) is 24.1 Å². The Bertz CT molecular complexity index is 345. The van der Waals surface area contributed by atoms with E-state index in [4.69, 9.17) is 23.2 Å². The lowest BCUT2D eigenvalue weighted by Crippen LogP contribution is -2.06. The molecule has 0 aliphatic rings. The summed E-state index contributed by atoms with van der Waals surface area (Å²) in [6.45, 7) is 1.75. The first-order chi connectivity index (χ1) is 6.36. The minimum atomic E-state index is -4.45. The van der Waals surface area contributed by atoms with Crippen LogP contribution in [-0.2, 0) is 12.6 Å². The molecule has 1 aromatic rings. The zero-order valence-corrected chi connectivity index (χ0v) is 8.76. The third-order valence-corrected chi connectivity index (χ3v) is 2.60. The van der Waals surface area contributed by atoms with Gasteiger partial charge >= 0.3 is 6.18 Å². The molecule has 0 radical (unpaired) electrons. The molecule has 1 rings (SSSR count). The monoisotopic (exact) mass is 242 g/mol. The third-order valence-electron chi connectivity index (χ3n) is 1.80. The molecule has 78 valence electrons. The minimum Gasteiger partial charge on any atom is -0.166 e. The van der Waals surface area contributed by atoms with Gasteiger partial charge in [0.1, 0.15) is 0 Å². The Hall–Kier alpha value is -0.410. The Balaban J connectivity index is 3.35. The first kappa shape index (κ1) is 11.7. The normalized spacial score (nSPS) is 11.9. The smallest absolute Gasteiger partial charge is 0.166 e. The van der Waals surface area contributed by atoms with Crippen LogP contribution in [0.15, 0.2) is 12.1 Å². The average molecular weight is 243 g/mol. The van der Waals surface area contributed by atoms with Crippen molar-refractivity contribution < 1.29 is 13.2 Å². The van der Waals surface area contributed by atoms with Gasteiger partial charge in [0, 0.05) is 0 Å². The Morgan fingerprint density at radius 1 is 1.21 bits per heavy atom. The summed E-state index contributed by atoms with van der Waals surface area (Å²) in [7, 11) is 0. The molecule has 0 saturated carbocycles. The van der Waals surface area contributed by atoms with Gasteiger partial charge in [-0.15, -0.1) is 0 Å². The van der Waals surface area contributed by atoms with Crippen molar-refractivity contribution in [2.75, 3.05) is 0 Å². The molecular weight excluding hydrogens is 236 g/mol. The van der Waals surface area contributed by atoms with E-state index in [0.717, 1.165) is 6.07 Å². The van der Waals surface area contributed by atoms with E-state index in [9.17, 15) is 13.2 Å². The van der Waals surface area contributed by atoms with Gasteiger partial charge in [-0.2, -0.15) is 13.2 Å². The maximum Gasteiger partial charge on any atom is 0.417 e. The van der Waals surface area contributed by atoms with Crippen LogP contribution in [0.25, 0.3) is 0 Å². The van der Waals surface area contributed by atoms with E-state index in [1.807, 2.05) is 0 Å². The van der Waals surface area contributed by atoms with Gasteiger partial charge in [0.25, 0.3) is 0 Å². The summed E-state index contributed by atoms with van der Waals surface area (Å²) in [6, 6.07) is 2.47. The molecule has 0 aromatic heterocycles. The Kier molecular flexibility index (Phi) is 3.32. The number of alkyl halides is 3. The van der Waals surface area contributed by atoms with Crippen LogP contribution >= 0.6 is 23.2 Å². The van der Waals surface area contributed by atoms with Gasteiger partial charge in [-0.25, -0.2) is 0 Å².